The highest BCUT2D eigenvalue weighted by Gasteiger charge is 2.30. The number of aromatic nitrogens is 3. The van der Waals surface area contributed by atoms with Crippen molar-refractivity contribution >= 4 is 5.91 Å². The Hall–Kier alpha value is -2.95. The molecule has 0 radical (unpaired) electrons. The summed E-state index contributed by atoms with van der Waals surface area (Å²) in [7, 11) is 0. The van der Waals surface area contributed by atoms with Gasteiger partial charge in [-0.15, -0.1) is 0 Å². The van der Waals surface area contributed by atoms with Crippen molar-refractivity contribution in [2.75, 3.05) is 6.54 Å². The first-order chi connectivity index (χ1) is 12.1. The normalized spacial score (nSPS) is 12.6. The fourth-order valence-electron chi connectivity index (χ4n) is 2.93. The van der Waals surface area contributed by atoms with Crippen molar-refractivity contribution in [1.82, 2.24) is 20.1 Å². The molecular formula is C20H22N4O. The molecule has 5 nitrogen and oxygen atoms in total. The third kappa shape index (κ3) is 3.60. The lowest BCUT2D eigenvalue weighted by Gasteiger charge is -2.31. The zero-order chi connectivity index (χ0) is 17.7. The van der Waals surface area contributed by atoms with Crippen molar-refractivity contribution in [1.29, 1.82) is 0 Å². The number of nitrogens with zero attached hydrogens (tertiary/aromatic N) is 3. The summed E-state index contributed by atoms with van der Waals surface area (Å²) in [6.07, 6.45) is 2.99. The third-order valence-electron chi connectivity index (χ3n) is 4.65. The van der Waals surface area contributed by atoms with Crippen LogP contribution < -0.4 is 5.32 Å². The lowest BCUT2D eigenvalue weighted by molar-refractivity contribution is -0.124. The minimum absolute atomic E-state index is 0.0800. The van der Waals surface area contributed by atoms with Gasteiger partial charge in [0, 0.05) is 12.0 Å². The lowest BCUT2D eigenvalue weighted by Crippen LogP contribution is -2.42. The van der Waals surface area contributed by atoms with Gasteiger partial charge in [0.25, 0.3) is 0 Å². The largest absolute Gasteiger partial charge is 0.353 e. The predicted molar refractivity (Wildman–Crippen MR) is 97.1 cm³/mol. The van der Waals surface area contributed by atoms with Gasteiger partial charge in [-0.25, -0.2) is 9.67 Å². The van der Waals surface area contributed by atoms with Gasteiger partial charge in [0.2, 0.25) is 5.91 Å². The Labute approximate surface area is 147 Å². The second-order valence-corrected chi connectivity index (χ2v) is 6.33. The van der Waals surface area contributed by atoms with Crippen molar-refractivity contribution in [3.8, 4) is 0 Å². The Morgan fingerprint density at radius 1 is 1.08 bits per heavy atom. The molecule has 0 spiro atoms. The highest BCUT2D eigenvalue weighted by molar-refractivity contribution is 5.79. The second kappa shape index (κ2) is 7.30. The monoisotopic (exact) mass is 334 g/mol. The molecular weight excluding hydrogens is 312 g/mol. The van der Waals surface area contributed by atoms with Crippen molar-refractivity contribution in [3.05, 3.63) is 84.4 Å². The summed E-state index contributed by atoms with van der Waals surface area (Å²) < 4.78 is 1.55. The molecule has 2 aromatic carbocycles. The second-order valence-electron chi connectivity index (χ2n) is 6.33. The molecule has 0 aliphatic carbocycles. The van der Waals surface area contributed by atoms with Crippen LogP contribution in [0.1, 0.15) is 31.0 Å². The van der Waals surface area contributed by atoms with E-state index < -0.39 is 6.04 Å². The quantitative estimate of drug-likeness (QED) is 0.754. The van der Waals surface area contributed by atoms with Gasteiger partial charge in [-0.2, -0.15) is 5.10 Å². The zero-order valence-electron chi connectivity index (χ0n) is 14.5. The van der Waals surface area contributed by atoms with Crippen LogP contribution in [0, 0.1) is 0 Å². The van der Waals surface area contributed by atoms with E-state index in [-0.39, 0.29) is 11.3 Å². The molecule has 1 atom stereocenters. The molecule has 0 bridgehead atoms. The van der Waals surface area contributed by atoms with Crippen molar-refractivity contribution in [2.24, 2.45) is 0 Å². The van der Waals surface area contributed by atoms with Gasteiger partial charge in [-0.1, -0.05) is 60.7 Å². The number of hydrogen-bond acceptors (Lipinski definition) is 3. The van der Waals surface area contributed by atoms with Crippen molar-refractivity contribution in [2.45, 2.75) is 25.3 Å². The van der Waals surface area contributed by atoms with Gasteiger partial charge >= 0.3 is 0 Å². The maximum Gasteiger partial charge on any atom is 0.244 e. The van der Waals surface area contributed by atoms with Crippen LogP contribution in [0.2, 0.25) is 0 Å². The van der Waals surface area contributed by atoms with E-state index in [1.807, 2.05) is 43.3 Å². The molecule has 1 aromatic heterocycles. The van der Waals surface area contributed by atoms with E-state index in [2.05, 4.69) is 46.6 Å². The summed E-state index contributed by atoms with van der Waals surface area (Å²) in [4.78, 5) is 16.5. The fourth-order valence-corrected chi connectivity index (χ4v) is 2.93. The molecule has 1 N–H and O–H groups in total. The molecule has 0 saturated heterocycles. The third-order valence-corrected chi connectivity index (χ3v) is 4.65. The summed E-state index contributed by atoms with van der Waals surface area (Å²) in [5.74, 6) is -0.0800. The summed E-state index contributed by atoms with van der Waals surface area (Å²) in [5.41, 5.74) is 2.00. The summed E-state index contributed by atoms with van der Waals surface area (Å²) >= 11 is 0. The van der Waals surface area contributed by atoms with E-state index in [0.29, 0.717) is 6.54 Å². The number of rotatable bonds is 6. The number of benzene rings is 2. The molecule has 1 unspecified atom stereocenters. The van der Waals surface area contributed by atoms with Crippen LogP contribution in [-0.4, -0.2) is 27.2 Å². The predicted octanol–water partition coefficient (Wildman–Crippen LogP) is 2.96. The van der Waals surface area contributed by atoms with Crippen LogP contribution in [0.15, 0.2) is 73.3 Å². The minimum Gasteiger partial charge on any atom is -0.353 e. The number of amides is 1. The van der Waals surface area contributed by atoms with E-state index in [9.17, 15) is 4.79 Å². The molecule has 25 heavy (non-hydrogen) atoms. The van der Waals surface area contributed by atoms with Crippen LogP contribution in [-0.2, 0) is 10.2 Å². The van der Waals surface area contributed by atoms with Crippen LogP contribution in [0.25, 0.3) is 0 Å². The van der Waals surface area contributed by atoms with E-state index >= 15 is 0 Å². The van der Waals surface area contributed by atoms with Crippen molar-refractivity contribution < 1.29 is 4.79 Å². The minimum atomic E-state index is -0.404. The van der Waals surface area contributed by atoms with Crippen molar-refractivity contribution in [3.63, 3.8) is 0 Å². The maximum atomic E-state index is 12.6. The lowest BCUT2D eigenvalue weighted by atomic mass is 9.76. The molecule has 5 heteroatoms. The highest BCUT2D eigenvalue weighted by atomic mass is 16.2. The molecule has 3 aromatic rings. The van der Waals surface area contributed by atoms with Gasteiger partial charge in [0.05, 0.1) is 0 Å². The Balaban J connectivity index is 1.83. The number of hydrogen-bond donors (Lipinski definition) is 1. The molecule has 0 fully saturated rings. The maximum absolute atomic E-state index is 12.6. The smallest absolute Gasteiger partial charge is 0.244 e. The summed E-state index contributed by atoms with van der Waals surface area (Å²) in [6, 6.07) is 20.1. The molecule has 128 valence electrons. The number of carbonyl (C=O) groups is 1. The van der Waals surface area contributed by atoms with Gasteiger partial charge in [-0.3, -0.25) is 4.79 Å². The zero-order valence-corrected chi connectivity index (χ0v) is 14.5. The summed E-state index contributed by atoms with van der Waals surface area (Å²) in [6.45, 7) is 4.46. The topological polar surface area (TPSA) is 59.8 Å². The first-order valence-corrected chi connectivity index (χ1v) is 8.34. The van der Waals surface area contributed by atoms with Crippen LogP contribution in [0.3, 0.4) is 0 Å². The van der Waals surface area contributed by atoms with Gasteiger partial charge in [0.15, 0.2) is 0 Å². The van der Waals surface area contributed by atoms with Crippen LogP contribution in [0.5, 0.6) is 0 Å². The van der Waals surface area contributed by atoms with E-state index in [0.717, 1.165) is 11.1 Å². The fraction of sp³-hybridized carbons (Fsp3) is 0.250. The van der Waals surface area contributed by atoms with Gasteiger partial charge in [0.1, 0.15) is 18.7 Å². The molecule has 0 aliphatic rings. The van der Waals surface area contributed by atoms with E-state index in [1.54, 1.807) is 11.0 Å². The van der Waals surface area contributed by atoms with Crippen LogP contribution >= 0.6 is 0 Å². The Morgan fingerprint density at radius 3 is 2.12 bits per heavy atom. The molecule has 0 saturated carbocycles. The van der Waals surface area contributed by atoms with E-state index in [4.69, 9.17) is 0 Å². The number of carbonyl (C=O) groups excluding carboxylic acids is 1. The first kappa shape index (κ1) is 16.9. The molecule has 1 amide bonds. The average Bonchev–Trinajstić information content (AvgIpc) is 3.21. The standard InChI is InChI=1S/C20H22N4O/c1-16(24-15-21-14-23-24)19(25)22-13-20(2,17-9-5-3-6-10-17)18-11-7-4-8-12-18/h3-12,14-16H,13H2,1-2H3,(H,22,25). The molecule has 3 rings (SSSR count). The SMILES string of the molecule is CC(C(=O)NCC(C)(c1ccccc1)c1ccccc1)n1cncn1. The van der Waals surface area contributed by atoms with Gasteiger partial charge < -0.3 is 5.32 Å². The highest BCUT2D eigenvalue weighted by Crippen LogP contribution is 2.31. The van der Waals surface area contributed by atoms with E-state index in [1.165, 1.54) is 6.33 Å². The molecule has 1 heterocycles. The van der Waals surface area contributed by atoms with Crippen LogP contribution in [0.4, 0.5) is 0 Å². The average molecular weight is 334 g/mol. The Kier molecular flexibility index (Phi) is 4.93. The Morgan fingerprint density at radius 2 is 1.64 bits per heavy atom. The molecule has 0 aliphatic heterocycles. The first-order valence-electron chi connectivity index (χ1n) is 8.34. The summed E-state index contributed by atoms with van der Waals surface area (Å²) in [5, 5.41) is 7.12. The Bertz CT molecular complexity index is 761. The number of nitrogens with one attached hydrogen (secondary N) is 1. The van der Waals surface area contributed by atoms with Gasteiger partial charge in [-0.05, 0) is 25.0 Å².